The van der Waals surface area contributed by atoms with Crippen LogP contribution in [0.15, 0.2) is 12.3 Å². The minimum atomic E-state index is 0.204. The topological polar surface area (TPSA) is 98.5 Å². The Balaban J connectivity index is 1.99. The normalized spacial score (nSPS) is 17.6. The number of nitrogens with zero attached hydrogens (tertiary/aromatic N) is 4. The van der Waals surface area contributed by atoms with E-state index in [2.05, 4.69) is 37.0 Å². The van der Waals surface area contributed by atoms with Gasteiger partial charge in [-0.05, 0) is 32.9 Å². The van der Waals surface area contributed by atoms with Crippen LogP contribution in [-0.4, -0.2) is 40.1 Å². The molecule has 1 fully saturated rings. The SMILES string of the molecule is CC(C)Nc1nc(C#N)cc2cnc(N[C@H]3CCNC3)nc12. The highest BCUT2D eigenvalue weighted by Crippen LogP contribution is 2.22. The summed E-state index contributed by atoms with van der Waals surface area (Å²) in [6, 6.07) is 4.34. The zero-order valence-electron chi connectivity index (χ0n) is 12.7. The first-order valence-corrected chi connectivity index (χ1v) is 7.47. The quantitative estimate of drug-likeness (QED) is 0.786. The van der Waals surface area contributed by atoms with Crippen molar-refractivity contribution in [1.29, 1.82) is 5.26 Å². The molecular weight excluding hydrogens is 278 g/mol. The predicted molar refractivity (Wildman–Crippen MR) is 85.7 cm³/mol. The van der Waals surface area contributed by atoms with Gasteiger partial charge in [-0.1, -0.05) is 0 Å². The van der Waals surface area contributed by atoms with Crippen LogP contribution in [0.4, 0.5) is 11.8 Å². The number of aromatic nitrogens is 3. The summed E-state index contributed by atoms with van der Waals surface area (Å²) in [5.74, 6) is 1.22. The molecule has 22 heavy (non-hydrogen) atoms. The smallest absolute Gasteiger partial charge is 0.223 e. The molecule has 0 unspecified atom stereocenters. The van der Waals surface area contributed by atoms with E-state index in [1.807, 2.05) is 13.8 Å². The van der Waals surface area contributed by atoms with Crippen LogP contribution in [-0.2, 0) is 0 Å². The molecule has 2 aromatic rings. The molecule has 1 aliphatic heterocycles. The zero-order valence-corrected chi connectivity index (χ0v) is 12.7. The second-order valence-electron chi connectivity index (χ2n) is 5.73. The Bertz CT molecular complexity index is 714. The Morgan fingerprint density at radius 2 is 2.27 bits per heavy atom. The monoisotopic (exact) mass is 297 g/mol. The lowest BCUT2D eigenvalue weighted by molar-refractivity contribution is 0.782. The molecular formula is C15H19N7. The molecule has 0 aromatic carbocycles. The van der Waals surface area contributed by atoms with E-state index < -0.39 is 0 Å². The maximum atomic E-state index is 9.10. The Kier molecular flexibility index (Phi) is 4.02. The summed E-state index contributed by atoms with van der Waals surface area (Å²) in [4.78, 5) is 13.3. The van der Waals surface area contributed by atoms with Crippen LogP contribution in [0.5, 0.6) is 0 Å². The highest BCUT2D eigenvalue weighted by molar-refractivity contribution is 5.89. The third kappa shape index (κ3) is 3.07. The van der Waals surface area contributed by atoms with E-state index in [9.17, 15) is 0 Å². The van der Waals surface area contributed by atoms with Crippen molar-refractivity contribution in [2.45, 2.75) is 32.4 Å². The van der Waals surface area contributed by atoms with Crippen molar-refractivity contribution in [3.63, 3.8) is 0 Å². The fourth-order valence-electron chi connectivity index (χ4n) is 2.50. The molecule has 1 saturated heterocycles. The first-order valence-electron chi connectivity index (χ1n) is 7.47. The van der Waals surface area contributed by atoms with Crippen molar-refractivity contribution in [1.82, 2.24) is 20.3 Å². The number of anilines is 2. The van der Waals surface area contributed by atoms with Crippen molar-refractivity contribution in [3.8, 4) is 6.07 Å². The summed E-state index contributed by atoms with van der Waals surface area (Å²) < 4.78 is 0. The van der Waals surface area contributed by atoms with Gasteiger partial charge in [0.1, 0.15) is 17.3 Å². The van der Waals surface area contributed by atoms with Crippen LogP contribution in [0.25, 0.3) is 10.9 Å². The van der Waals surface area contributed by atoms with Gasteiger partial charge >= 0.3 is 0 Å². The van der Waals surface area contributed by atoms with E-state index in [1.165, 1.54) is 0 Å². The average Bonchev–Trinajstić information content (AvgIpc) is 3.00. The van der Waals surface area contributed by atoms with Gasteiger partial charge in [0.2, 0.25) is 5.95 Å². The number of hydrogen-bond donors (Lipinski definition) is 3. The summed E-state index contributed by atoms with van der Waals surface area (Å²) in [6.45, 7) is 5.98. The predicted octanol–water partition coefficient (Wildman–Crippen LogP) is 1.49. The van der Waals surface area contributed by atoms with E-state index in [1.54, 1.807) is 12.3 Å². The van der Waals surface area contributed by atoms with Crippen LogP contribution in [0, 0.1) is 11.3 Å². The van der Waals surface area contributed by atoms with Crippen LogP contribution < -0.4 is 16.0 Å². The summed E-state index contributed by atoms with van der Waals surface area (Å²) >= 11 is 0. The molecule has 3 N–H and O–H groups in total. The average molecular weight is 297 g/mol. The first kappa shape index (κ1) is 14.5. The van der Waals surface area contributed by atoms with Gasteiger partial charge in [0, 0.05) is 30.2 Å². The van der Waals surface area contributed by atoms with Crippen molar-refractivity contribution in [2.75, 3.05) is 23.7 Å². The second-order valence-corrected chi connectivity index (χ2v) is 5.73. The molecule has 1 aliphatic rings. The number of pyridine rings is 1. The maximum Gasteiger partial charge on any atom is 0.223 e. The molecule has 0 bridgehead atoms. The highest BCUT2D eigenvalue weighted by atomic mass is 15.2. The lowest BCUT2D eigenvalue weighted by Gasteiger charge is -2.14. The molecule has 0 aliphatic carbocycles. The Labute approximate surface area is 129 Å². The van der Waals surface area contributed by atoms with Crippen LogP contribution >= 0.6 is 0 Å². The highest BCUT2D eigenvalue weighted by Gasteiger charge is 2.16. The summed E-state index contributed by atoms with van der Waals surface area (Å²) in [7, 11) is 0. The van der Waals surface area contributed by atoms with Crippen molar-refractivity contribution in [3.05, 3.63) is 18.0 Å². The van der Waals surface area contributed by atoms with Gasteiger partial charge in [0.25, 0.3) is 0 Å². The lowest BCUT2D eigenvalue weighted by atomic mass is 10.2. The van der Waals surface area contributed by atoms with E-state index in [4.69, 9.17) is 5.26 Å². The minimum absolute atomic E-state index is 0.204. The molecule has 0 saturated carbocycles. The van der Waals surface area contributed by atoms with Gasteiger partial charge < -0.3 is 16.0 Å². The van der Waals surface area contributed by atoms with E-state index in [0.29, 0.717) is 23.5 Å². The molecule has 1 atom stereocenters. The molecule has 7 nitrogen and oxygen atoms in total. The Morgan fingerprint density at radius 3 is 2.95 bits per heavy atom. The van der Waals surface area contributed by atoms with Gasteiger partial charge in [-0.2, -0.15) is 5.26 Å². The fourth-order valence-corrected chi connectivity index (χ4v) is 2.50. The molecule has 2 aromatic heterocycles. The van der Waals surface area contributed by atoms with Crippen LogP contribution in [0.1, 0.15) is 26.0 Å². The summed E-state index contributed by atoms with van der Waals surface area (Å²) in [5, 5.41) is 19.8. The summed E-state index contributed by atoms with van der Waals surface area (Å²) in [6.07, 6.45) is 2.80. The molecule has 3 heterocycles. The third-order valence-electron chi connectivity index (χ3n) is 3.50. The Hall–Kier alpha value is -2.46. The summed E-state index contributed by atoms with van der Waals surface area (Å²) in [5.41, 5.74) is 1.09. The molecule has 0 radical (unpaired) electrons. The molecule has 7 heteroatoms. The number of nitrogens with one attached hydrogen (secondary N) is 3. The van der Waals surface area contributed by atoms with Gasteiger partial charge in [-0.3, -0.25) is 0 Å². The van der Waals surface area contributed by atoms with Crippen molar-refractivity contribution < 1.29 is 0 Å². The van der Waals surface area contributed by atoms with E-state index >= 15 is 0 Å². The maximum absolute atomic E-state index is 9.10. The minimum Gasteiger partial charge on any atom is -0.366 e. The van der Waals surface area contributed by atoms with E-state index in [-0.39, 0.29) is 6.04 Å². The van der Waals surface area contributed by atoms with Crippen molar-refractivity contribution >= 4 is 22.7 Å². The standard InChI is InChI=1S/C15H19N7/c1-9(2)19-14-13-10(5-12(6-16)20-14)7-18-15(22-13)21-11-3-4-17-8-11/h5,7,9,11,17H,3-4,8H2,1-2H3,(H,19,20)(H,18,21,22)/t11-/m0/s1. The van der Waals surface area contributed by atoms with Crippen molar-refractivity contribution in [2.24, 2.45) is 0 Å². The van der Waals surface area contributed by atoms with Crippen LogP contribution in [0.3, 0.4) is 0 Å². The van der Waals surface area contributed by atoms with Gasteiger partial charge in [0.05, 0.1) is 0 Å². The van der Waals surface area contributed by atoms with Gasteiger partial charge in [0.15, 0.2) is 5.82 Å². The number of rotatable bonds is 4. The number of fused-ring (bicyclic) bond motifs is 1. The molecule has 0 amide bonds. The second kappa shape index (κ2) is 6.12. The number of hydrogen-bond acceptors (Lipinski definition) is 7. The first-order chi connectivity index (χ1) is 10.7. The fraction of sp³-hybridized carbons (Fsp3) is 0.467. The zero-order chi connectivity index (χ0) is 15.5. The largest absolute Gasteiger partial charge is 0.366 e. The van der Waals surface area contributed by atoms with Gasteiger partial charge in [-0.15, -0.1) is 0 Å². The van der Waals surface area contributed by atoms with Crippen LogP contribution in [0.2, 0.25) is 0 Å². The lowest BCUT2D eigenvalue weighted by Crippen LogP contribution is -2.23. The van der Waals surface area contributed by atoms with E-state index in [0.717, 1.165) is 30.4 Å². The molecule has 0 spiro atoms. The molecule has 114 valence electrons. The Morgan fingerprint density at radius 1 is 1.41 bits per heavy atom. The van der Waals surface area contributed by atoms with Gasteiger partial charge in [-0.25, -0.2) is 15.0 Å². The third-order valence-corrected chi connectivity index (χ3v) is 3.50. The molecule has 3 rings (SSSR count). The number of nitriles is 1.